The van der Waals surface area contributed by atoms with Crippen LogP contribution in [0, 0.1) is 5.41 Å². The van der Waals surface area contributed by atoms with Crippen LogP contribution in [0.5, 0.6) is 0 Å². The van der Waals surface area contributed by atoms with Crippen molar-refractivity contribution in [1.82, 2.24) is 5.32 Å². The van der Waals surface area contributed by atoms with E-state index >= 15 is 0 Å². The largest absolute Gasteiger partial charge is 0.459 e. The van der Waals surface area contributed by atoms with Gasteiger partial charge in [0.05, 0.1) is 5.60 Å². The van der Waals surface area contributed by atoms with Crippen molar-refractivity contribution in [3.63, 3.8) is 0 Å². The number of esters is 1. The Morgan fingerprint density at radius 3 is 2.20 bits per heavy atom. The molecule has 0 unspecified atom stereocenters. The van der Waals surface area contributed by atoms with E-state index in [2.05, 4.69) is 5.32 Å². The number of nitrogens with one attached hydrogen (secondary N) is 1. The van der Waals surface area contributed by atoms with Crippen molar-refractivity contribution in [2.75, 3.05) is 26.3 Å². The molecule has 20 heavy (non-hydrogen) atoms. The fourth-order valence-corrected chi connectivity index (χ4v) is 3.27. The topological polar surface area (TPSA) is 67.8 Å². The predicted molar refractivity (Wildman–Crippen MR) is 75.4 cm³/mol. The number of rotatable bonds is 2. The van der Waals surface area contributed by atoms with Crippen LogP contribution in [0.25, 0.3) is 0 Å². The van der Waals surface area contributed by atoms with E-state index < -0.39 is 16.6 Å². The molecule has 0 aromatic carbocycles. The van der Waals surface area contributed by atoms with Crippen molar-refractivity contribution in [2.45, 2.75) is 57.7 Å². The molecule has 2 aliphatic rings. The maximum Gasteiger partial charge on any atom is 0.315 e. The third kappa shape index (κ3) is 3.00. The Balaban J connectivity index is 2.27. The summed E-state index contributed by atoms with van der Waals surface area (Å²) < 4.78 is 11.0. The van der Waals surface area contributed by atoms with Gasteiger partial charge in [-0.1, -0.05) is 0 Å². The summed E-state index contributed by atoms with van der Waals surface area (Å²) in [6.45, 7) is 8.09. The third-order valence-electron chi connectivity index (χ3n) is 4.46. The second-order valence-corrected chi connectivity index (χ2v) is 6.98. The standard InChI is InChI=1S/C15H27NO4/c1-13(2,3)20-12(17)14(6-10-19-11-7-14)15(18)4-8-16-9-5-15/h16,18H,4-11H2,1-3H3. The normalized spacial score (nSPS) is 26.0. The summed E-state index contributed by atoms with van der Waals surface area (Å²) in [6, 6.07) is 0. The Morgan fingerprint density at radius 2 is 1.70 bits per heavy atom. The highest BCUT2D eigenvalue weighted by atomic mass is 16.6. The van der Waals surface area contributed by atoms with E-state index in [0.717, 1.165) is 13.1 Å². The van der Waals surface area contributed by atoms with Crippen LogP contribution in [-0.2, 0) is 14.3 Å². The number of carbonyl (C=O) groups excluding carboxylic acids is 1. The molecule has 0 aromatic rings. The molecule has 116 valence electrons. The van der Waals surface area contributed by atoms with Crippen LogP contribution in [0.15, 0.2) is 0 Å². The van der Waals surface area contributed by atoms with E-state index in [-0.39, 0.29) is 5.97 Å². The fourth-order valence-electron chi connectivity index (χ4n) is 3.27. The van der Waals surface area contributed by atoms with Crippen LogP contribution >= 0.6 is 0 Å². The van der Waals surface area contributed by atoms with Gasteiger partial charge in [0.1, 0.15) is 11.0 Å². The quantitative estimate of drug-likeness (QED) is 0.747. The predicted octanol–water partition coefficient (Wildman–Crippen LogP) is 1.24. The SMILES string of the molecule is CC(C)(C)OC(=O)C1(C2(O)CCNCC2)CCOCC1. The molecule has 0 bridgehead atoms. The summed E-state index contributed by atoms with van der Waals surface area (Å²) in [5, 5.41) is 14.4. The Kier molecular flexibility index (Phi) is 4.42. The molecule has 2 saturated heterocycles. The highest BCUT2D eigenvalue weighted by Gasteiger charge is 2.57. The third-order valence-corrected chi connectivity index (χ3v) is 4.46. The number of hydrogen-bond acceptors (Lipinski definition) is 5. The molecule has 0 spiro atoms. The minimum atomic E-state index is -0.982. The van der Waals surface area contributed by atoms with E-state index in [1.807, 2.05) is 20.8 Å². The zero-order valence-electron chi connectivity index (χ0n) is 12.8. The molecular formula is C15H27NO4. The molecule has 2 fully saturated rings. The Labute approximate surface area is 121 Å². The Hall–Kier alpha value is -0.650. The molecule has 0 atom stereocenters. The smallest absolute Gasteiger partial charge is 0.315 e. The summed E-state index contributed by atoms with van der Waals surface area (Å²) >= 11 is 0. The number of carbonyl (C=O) groups is 1. The van der Waals surface area contributed by atoms with Gasteiger partial charge in [-0.25, -0.2) is 0 Å². The zero-order chi connectivity index (χ0) is 14.9. The average molecular weight is 285 g/mol. The molecule has 0 aromatic heterocycles. The highest BCUT2D eigenvalue weighted by Crippen LogP contribution is 2.47. The first-order valence-electron chi connectivity index (χ1n) is 7.53. The average Bonchev–Trinajstić information content (AvgIpc) is 2.38. The van der Waals surface area contributed by atoms with Gasteiger partial charge < -0.3 is 19.9 Å². The van der Waals surface area contributed by atoms with Gasteiger partial charge in [0.2, 0.25) is 0 Å². The Morgan fingerprint density at radius 1 is 1.15 bits per heavy atom. The lowest BCUT2D eigenvalue weighted by Gasteiger charge is -2.49. The van der Waals surface area contributed by atoms with Gasteiger partial charge in [-0.2, -0.15) is 0 Å². The molecule has 5 nitrogen and oxygen atoms in total. The molecule has 2 aliphatic heterocycles. The van der Waals surface area contributed by atoms with Gasteiger partial charge in [-0.3, -0.25) is 4.79 Å². The van der Waals surface area contributed by atoms with Gasteiger partial charge in [0.15, 0.2) is 0 Å². The molecule has 2 N–H and O–H groups in total. The van der Waals surface area contributed by atoms with Crippen molar-refractivity contribution >= 4 is 5.97 Å². The number of hydrogen-bond donors (Lipinski definition) is 2. The van der Waals surface area contributed by atoms with Crippen LogP contribution in [0.1, 0.15) is 46.5 Å². The maximum absolute atomic E-state index is 12.8. The lowest BCUT2D eigenvalue weighted by molar-refractivity contribution is -0.203. The fraction of sp³-hybridized carbons (Fsp3) is 0.933. The number of ether oxygens (including phenoxy) is 2. The minimum Gasteiger partial charge on any atom is -0.459 e. The second kappa shape index (κ2) is 5.62. The second-order valence-electron chi connectivity index (χ2n) is 6.98. The van der Waals surface area contributed by atoms with E-state index in [9.17, 15) is 9.90 Å². The van der Waals surface area contributed by atoms with Crippen LogP contribution in [-0.4, -0.2) is 48.6 Å². The van der Waals surface area contributed by atoms with Crippen molar-refractivity contribution in [3.05, 3.63) is 0 Å². The lowest BCUT2D eigenvalue weighted by atomic mass is 9.63. The van der Waals surface area contributed by atoms with Crippen molar-refractivity contribution < 1.29 is 19.4 Å². The van der Waals surface area contributed by atoms with Gasteiger partial charge in [0, 0.05) is 13.2 Å². The van der Waals surface area contributed by atoms with Crippen molar-refractivity contribution in [1.29, 1.82) is 0 Å². The summed E-state index contributed by atoms with van der Waals surface area (Å²) in [5.74, 6) is -0.266. The Bertz CT molecular complexity index is 349. The molecule has 0 amide bonds. The van der Waals surface area contributed by atoms with Crippen LogP contribution < -0.4 is 5.32 Å². The lowest BCUT2D eigenvalue weighted by Crippen LogP contribution is -2.60. The molecule has 0 saturated carbocycles. The van der Waals surface area contributed by atoms with E-state index in [1.165, 1.54) is 0 Å². The number of aliphatic hydroxyl groups is 1. The van der Waals surface area contributed by atoms with E-state index in [0.29, 0.717) is 38.9 Å². The zero-order valence-corrected chi connectivity index (χ0v) is 12.8. The van der Waals surface area contributed by atoms with Gasteiger partial charge in [-0.05, 0) is 59.5 Å². The molecule has 2 rings (SSSR count). The van der Waals surface area contributed by atoms with Gasteiger partial charge in [0.25, 0.3) is 0 Å². The van der Waals surface area contributed by atoms with E-state index in [4.69, 9.17) is 9.47 Å². The van der Waals surface area contributed by atoms with Crippen LogP contribution in [0.4, 0.5) is 0 Å². The van der Waals surface area contributed by atoms with Crippen LogP contribution in [0.3, 0.4) is 0 Å². The molecule has 0 radical (unpaired) electrons. The molecule has 0 aliphatic carbocycles. The van der Waals surface area contributed by atoms with Crippen LogP contribution in [0.2, 0.25) is 0 Å². The van der Waals surface area contributed by atoms with E-state index in [1.54, 1.807) is 0 Å². The van der Waals surface area contributed by atoms with Gasteiger partial charge in [-0.15, -0.1) is 0 Å². The molecule has 2 heterocycles. The van der Waals surface area contributed by atoms with Crippen molar-refractivity contribution in [2.24, 2.45) is 5.41 Å². The maximum atomic E-state index is 12.8. The summed E-state index contributed by atoms with van der Waals surface area (Å²) in [7, 11) is 0. The summed E-state index contributed by atoms with van der Waals surface area (Å²) in [6.07, 6.45) is 2.26. The molecular weight excluding hydrogens is 258 g/mol. The van der Waals surface area contributed by atoms with Crippen molar-refractivity contribution in [3.8, 4) is 0 Å². The summed E-state index contributed by atoms with van der Waals surface area (Å²) in [4.78, 5) is 12.8. The first-order valence-corrected chi connectivity index (χ1v) is 7.53. The minimum absolute atomic E-state index is 0.266. The van der Waals surface area contributed by atoms with Gasteiger partial charge >= 0.3 is 5.97 Å². The molecule has 5 heteroatoms. The number of piperidine rings is 1. The monoisotopic (exact) mass is 285 g/mol. The highest BCUT2D eigenvalue weighted by molar-refractivity contribution is 5.79. The first kappa shape index (κ1) is 15.7. The first-order chi connectivity index (χ1) is 9.29. The summed E-state index contributed by atoms with van der Waals surface area (Å²) in [5.41, 5.74) is -2.34.